The maximum atomic E-state index is 13.9. The number of aromatic nitrogens is 1. The van der Waals surface area contributed by atoms with E-state index in [9.17, 15) is 14.4 Å². The molecule has 4 rings (SSSR count). The Labute approximate surface area is 260 Å². The molecule has 0 saturated carbocycles. The summed E-state index contributed by atoms with van der Waals surface area (Å²) in [5.74, 6) is 0.605. The minimum Gasteiger partial charge on any atom is -0.490 e. The van der Waals surface area contributed by atoms with Crippen molar-refractivity contribution in [1.82, 2.24) is 4.57 Å². The molecule has 1 aliphatic heterocycles. The van der Waals surface area contributed by atoms with Crippen molar-refractivity contribution < 1.29 is 38.0 Å². The molecule has 3 aromatic rings. The summed E-state index contributed by atoms with van der Waals surface area (Å²) in [6, 6.07) is 7.93. The second-order valence-corrected chi connectivity index (χ2v) is 10.7. The number of esters is 2. The number of carbonyl (C=O) groups is 2. The van der Waals surface area contributed by atoms with Gasteiger partial charge in [0.1, 0.15) is 0 Å². The zero-order valence-corrected chi connectivity index (χ0v) is 26.7. The summed E-state index contributed by atoms with van der Waals surface area (Å²) in [5, 5.41) is 0. The van der Waals surface area contributed by atoms with Crippen LogP contribution in [0, 0.1) is 0 Å². The quantitative estimate of drug-likeness (QED) is 0.266. The van der Waals surface area contributed by atoms with Gasteiger partial charge in [-0.25, -0.2) is 14.6 Å². The number of hydrogen-bond acceptors (Lipinski definition) is 11. The van der Waals surface area contributed by atoms with Crippen LogP contribution in [-0.2, 0) is 19.1 Å². The highest BCUT2D eigenvalue weighted by Crippen LogP contribution is 2.38. The predicted octanol–water partition coefficient (Wildman–Crippen LogP) is 3.53. The standard InChI is InChI=1S/C30H31BrN2O9S/c1-6-39-21-10-9-18(14-22(21)40-7-2)26-19(29(36)38-5)15-32-30-33(26)28(35)24(43-30)13-17-11-20(31)27(23(12-17)41-8-3)42-16-25(34)37-4/h9-15,26H,6-8,16H2,1-5H3/b24-13-/t26-/m1/s1. The molecule has 1 aromatic heterocycles. The van der Waals surface area contributed by atoms with Crippen LogP contribution in [-0.4, -0.2) is 57.2 Å². The average molecular weight is 676 g/mol. The molecule has 11 nitrogen and oxygen atoms in total. The Bertz CT molecular complexity index is 1730. The van der Waals surface area contributed by atoms with Gasteiger partial charge in [0.15, 0.2) is 34.4 Å². The van der Waals surface area contributed by atoms with Gasteiger partial charge in [-0.2, -0.15) is 0 Å². The maximum Gasteiger partial charge on any atom is 0.343 e. The summed E-state index contributed by atoms with van der Waals surface area (Å²) in [7, 11) is 2.55. The van der Waals surface area contributed by atoms with E-state index in [2.05, 4.69) is 25.7 Å². The average Bonchev–Trinajstić information content (AvgIpc) is 3.31. The lowest BCUT2D eigenvalue weighted by molar-refractivity contribution is -0.143. The molecule has 2 heterocycles. The first-order valence-corrected chi connectivity index (χ1v) is 15.0. The Hall–Kier alpha value is -4.10. The van der Waals surface area contributed by atoms with Gasteiger partial charge in [0.2, 0.25) is 0 Å². The van der Waals surface area contributed by atoms with E-state index >= 15 is 0 Å². The number of fused-ring (bicyclic) bond motifs is 1. The third kappa shape index (κ3) is 6.94. The molecule has 0 fully saturated rings. The van der Waals surface area contributed by atoms with Crippen LogP contribution in [0.25, 0.3) is 6.08 Å². The first-order chi connectivity index (χ1) is 20.8. The fourth-order valence-corrected chi connectivity index (χ4v) is 5.95. The van der Waals surface area contributed by atoms with Crippen molar-refractivity contribution in [3.63, 3.8) is 0 Å². The molecule has 13 heteroatoms. The molecule has 0 unspecified atom stereocenters. The van der Waals surface area contributed by atoms with Gasteiger partial charge in [-0.15, -0.1) is 0 Å². The Morgan fingerprint density at radius 2 is 1.65 bits per heavy atom. The summed E-state index contributed by atoms with van der Waals surface area (Å²) < 4.78 is 34.9. The van der Waals surface area contributed by atoms with E-state index in [4.69, 9.17) is 23.7 Å². The third-order valence-corrected chi connectivity index (χ3v) is 7.79. The molecule has 2 aromatic carbocycles. The normalized spacial score (nSPS) is 14.2. The Morgan fingerprint density at radius 3 is 2.33 bits per heavy atom. The van der Waals surface area contributed by atoms with Gasteiger partial charge < -0.3 is 28.4 Å². The van der Waals surface area contributed by atoms with E-state index in [-0.39, 0.29) is 17.7 Å². The Balaban J connectivity index is 1.84. The fraction of sp³-hybridized carbons (Fsp3) is 0.333. The van der Waals surface area contributed by atoms with Gasteiger partial charge in [-0.1, -0.05) is 17.4 Å². The van der Waals surface area contributed by atoms with Crippen LogP contribution in [0.1, 0.15) is 37.9 Å². The molecule has 0 radical (unpaired) electrons. The Kier molecular flexibility index (Phi) is 10.6. The molecule has 0 aliphatic carbocycles. The van der Waals surface area contributed by atoms with Crippen molar-refractivity contribution in [2.45, 2.75) is 26.8 Å². The predicted molar refractivity (Wildman–Crippen MR) is 163 cm³/mol. The number of ether oxygens (including phenoxy) is 6. The number of benzene rings is 2. The lowest BCUT2D eigenvalue weighted by Gasteiger charge is -2.23. The zero-order chi connectivity index (χ0) is 31.1. The van der Waals surface area contributed by atoms with Crippen molar-refractivity contribution in [3.05, 3.63) is 77.4 Å². The van der Waals surface area contributed by atoms with Crippen LogP contribution in [0.5, 0.6) is 23.0 Å². The van der Waals surface area contributed by atoms with E-state index in [1.165, 1.54) is 36.3 Å². The fourth-order valence-electron chi connectivity index (χ4n) is 4.40. The van der Waals surface area contributed by atoms with Gasteiger partial charge in [0.05, 0.1) is 54.7 Å². The largest absolute Gasteiger partial charge is 0.490 e. The molecule has 0 amide bonds. The van der Waals surface area contributed by atoms with E-state index in [1.54, 1.807) is 36.4 Å². The van der Waals surface area contributed by atoms with Crippen LogP contribution in [0.2, 0.25) is 0 Å². The lowest BCUT2D eigenvalue weighted by atomic mass is 9.97. The summed E-state index contributed by atoms with van der Waals surface area (Å²) in [6.45, 7) is 6.44. The van der Waals surface area contributed by atoms with E-state index in [0.717, 1.165) is 0 Å². The molecule has 43 heavy (non-hydrogen) atoms. The minimum atomic E-state index is -0.819. The maximum absolute atomic E-state index is 13.9. The number of nitrogens with zero attached hydrogens (tertiary/aromatic N) is 2. The van der Waals surface area contributed by atoms with E-state index in [1.807, 2.05) is 20.8 Å². The molecule has 0 saturated heterocycles. The van der Waals surface area contributed by atoms with Crippen molar-refractivity contribution in [2.75, 3.05) is 40.6 Å². The molecule has 0 spiro atoms. The van der Waals surface area contributed by atoms with E-state index in [0.29, 0.717) is 67.8 Å². The van der Waals surface area contributed by atoms with Crippen molar-refractivity contribution in [3.8, 4) is 23.0 Å². The summed E-state index contributed by atoms with van der Waals surface area (Å²) >= 11 is 4.66. The lowest BCUT2D eigenvalue weighted by Crippen LogP contribution is -2.39. The molecule has 1 aliphatic rings. The topological polar surface area (TPSA) is 124 Å². The van der Waals surface area contributed by atoms with Gasteiger partial charge in [0.25, 0.3) is 5.56 Å². The third-order valence-electron chi connectivity index (χ3n) is 6.20. The minimum absolute atomic E-state index is 0.196. The first kappa shape index (κ1) is 31.8. The Morgan fingerprint density at radius 1 is 0.953 bits per heavy atom. The van der Waals surface area contributed by atoms with Crippen LogP contribution in [0.4, 0.5) is 0 Å². The van der Waals surface area contributed by atoms with Gasteiger partial charge in [0, 0.05) is 6.20 Å². The number of carbonyl (C=O) groups excluding carboxylic acids is 2. The second-order valence-electron chi connectivity index (χ2n) is 8.88. The monoisotopic (exact) mass is 674 g/mol. The van der Waals surface area contributed by atoms with Crippen LogP contribution in [0.15, 0.2) is 56.4 Å². The molecule has 0 bridgehead atoms. The van der Waals surface area contributed by atoms with Gasteiger partial charge >= 0.3 is 11.9 Å². The molecular weight excluding hydrogens is 644 g/mol. The van der Waals surface area contributed by atoms with Gasteiger partial charge in [-0.05, 0) is 78.2 Å². The summed E-state index contributed by atoms with van der Waals surface area (Å²) in [6.07, 6.45) is 3.13. The summed E-state index contributed by atoms with van der Waals surface area (Å²) in [5.41, 5.74) is 1.10. The number of thiazole rings is 1. The summed E-state index contributed by atoms with van der Waals surface area (Å²) in [4.78, 5) is 43.2. The van der Waals surface area contributed by atoms with Crippen LogP contribution >= 0.6 is 27.3 Å². The van der Waals surface area contributed by atoms with Gasteiger partial charge in [-0.3, -0.25) is 9.36 Å². The molecule has 1 atom stereocenters. The number of hydrogen-bond donors (Lipinski definition) is 0. The smallest absolute Gasteiger partial charge is 0.343 e. The SMILES string of the molecule is CCOc1ccc([C@@H]2C(C(=O)OC)=CN=c3s/c(=C\c4cc(Br)c(OCC(=O)OC)c(OCC)c4)c(=O)n32)cc1OCC. The van der Waals surface area contributed by atoms with Crippen molar-refractivity contribution >= 4 is 45.3 Å². The van der Waals surface area contributed by atoms with Crippen molar-refractivity contribution in [2.24, 2.45) is 4.99 Å². The highest BCUT2D eigenvalue weighted by molar-refractivity contribution is 9.10. The number of rotatable bonds is 12. The highest BCUT2D eigenvalue weighted by atomic mass is 79.9. The van der Waals surface area contributed by atoms with E-state index < -0.39 is 18.0 Å². The highest BCUT2D eigenvalue weighted by Gasteiger charge is 2.31. The number of halogens is 1. The van der Waals surface area contributed by atoms with Crippen LogP contribution in [0.3, 0.4) is 0 Å². The molecular formula is C30H31BrN2O9S. The second kappa shape index (κ2) is 14.4. The number of methoxy groups -OCH3 is 2. The van der Waals surface area contributed by atoms with Crippen LogP contribution < -0.4 is 33.8 Å². The molecule has 0 N–H and O–H groups in total. The zero-order valence-electron chi connectivity index (χ0n) is 24.3. The molecule has 228 valence electrons. The van der Waals surface area contributed by atoms with Crippen molar-refractivity contribution in [1.29, 1.82) is 0 Å². The first-order valence-electron chi connectivity index (χ1n) is 13.4.